The van der Waals surface area contributed by atoms with Gasteiger partial charge >= 0.3 is 6.18 Å². The summed E-state index contributed by atoms with van der Waals surface area (Å²) in [7, 11) is 4.88. The minimum Gasteiger partial charge on any atom is -0.481 e. The first-order chi connectivity index (χ1) is 15.1. The molecule has 0 atom stereocenters. The monoisotopic (exact) mass is 463 g/mol. The molecule has 4 nitrogen and oxygen atoms in total. The molecule has 1 aromatic heterocycles. The maximum atomic E-state index is 14.2. The van der Waals surface area contributed by atoms with Crippen LogP contribution >= 0.6 is 11.8 Å². The van der Waals surface area contributed by atoms with Crippen molar-refractivity contribution in [1.82, 2.24) is 4.98 Å². The van der Waals surface area contributed by atoms with Gasteiger partial charge in [0.2, 0.25) is 5.88 Å². The second-order valence-corrected chi connectivity index (χ2v) is 8.38. The van der Waals surface area contributed by atoms with Gasteiger partial charge in [-0.1, -0.05) is 42.5 Å². The van der Waals surface area contributed by atoms with E-state index in [9.17, 15) is 13.2 Å². The number of nitrogens with zero attached hydrogens (tertiary/aromatic N) is 3. The van der Waals surface area contributed by atoms with Gasteiger partial charge in [-0.25, -0.2) is 9.98 Å². The van der Waals surface area contributed by atoms with E-state index in [-0.39, 0.29) is 4.91 Å². The summed E-state index contributed by atoms with van der Waals surface area (Å²) in [5, 5.41) is 0. The van der Waals surface area contributed by atoms with Crippen molar-refractivity contribution in [2.75, 3.05) is 26.1 Å². The second kappa shape index (κ2) is 11.2. The number of halogens is 3. The smallest absolute Gasteiger partial charge is 0.422 e. The molecule has 1 heterocycles. The number of pyridine rings is 1. The molecule has 0 spiro atoms. The molecule has 172 valence electrons. The summed E-state index contributed by atoms with van der Waals surface area (Å²) >= 11 is 1.05. The zero-order chi connectivity index (χ0) is 23.9. The molecule has 0 aliphatic rings. The lowest BCUT2D eigenvalue weighted by atomic mass is 10.1. The van der Waals surface area contributed by atoms with Crippen LogP contribution in [0.4, 0.5) is 19.0 Å². The van der Waals surface area contributed by atoms with Gasteiger partial charge in [0.25, 0.3) is 0 Å². The van der Waals surface area contributed by atoms with Gasteiger partial charge in [-0.3, -0.25) is 0 Å². The minimum absolute atomic E-state index is 0.0564. The summed E-state index contributed by atoms with van der Waals surface area (Å²) < 4.78 is 47.9. The van der Waals surface area contributed by atoms with E-state index in [4.69, 9.17) is 4.74 Å². The van der Waals surface area contributed by atoms with Crippen LogP contribution in [0.15, 0.2) is 74.9 Å². The highest BCUT2D eigenvalue weighted by molar-refractivity contribution is 8.03. The van der Waals surface area contributed by atoms with Gasteiger partial charge < -0.3 is 9.64 Å². The summed E-state index contributed by atoms with van der Waals surface area (Å²) in [6.45, 7) is 5.38. The molecule has 0 N–H and O–H groups in total. The summed E-state index contributed by atoms with van der Waals surface area (Å²) in [5.74, 6) is 0.204. The van der Waals surface area contributed by atoms with Crippen LogP contribution in [-0.4, -0.2) is 38.1 Å². The maximum absolute atomic E-state index is 14.2. The average Bonchev–Trinajstić information content (AvgIpc) is 2.74. The molecule has 0 amide bonds. The number of aryl methyl sites for hydroxylation is 1. The lowest BCUT2D eigenvalue weighted by Gasteiger charge is -2.18. The Balaban J connectivity index is 2.60. The molecule has 0 fully saturated rings. The minimum atomic E-state index is -4.65. The van der Waals surface area contributed by atoms with Crippen molar-refractivity contribution in [3.8, 4) is 0 Å². The maximum Gasteiger partial charge on any atom is 0.422 e. The largest absolute Gasteiger partial charge is 0.481 e. The number of thioether (sulfide) groups is 1. The lowest BCUT2D eigenvalue weighted by molar-refractivity contribution is -0.0917. The summed E-state index contributed by atoms with van der Waals surface area (Å²) in [6, 6.07) is 10.8. The first kappa shape index (κ1) is 25.5. The van der Waals surface area contributed by atoms with E-state index in [1.54, 1.807) is 50.4 Å². The fourth-order valence-electron chi connectivity index (χ4n) is 2.79. The number of aliphatic imine (C=N–C) groups is 1. The fourth-order valence-corrected chi connectivity index (χ4v) is 3.87. The van der Waals surface area contributed by atoms with E-state index in [2.05, 4.69) is 9.98 Å². The molecular formula is C24H28F3N3OS. The van der Waals surface area contributed by atoms with Crippen LogP contribution in [0, 0.1) is 6.92 Å². The van der Waals surface area contributed by atoms with Gasteiger partial charge in [-0.15, -0.1) is 0 Å². The lowest BCUT2D eigenvalue weighted by Crippen LogP contribution is -2.17. The van der Waals surface area contributed by atoms with Crippen molar-refractivity contribution in [3.05, 3.63) is 76.2 Å². The van der Waals surface area contributed by atoms with Crippen LogP contribution in [0.2, 0.25) is 0 Å². The number of ether oxygens (including phenoxy) is 1. The first-order valence-electron chi connectivity index (χ1n) is 10.1. The average molecular weight is 464 g/mol. The van der Waals surface area contributed by atoms with Crippen molar-refractivity contribution in [2.45, 2.75) is 38.3 Å². The van der Waals surface area contributed by atoms with Gasteiger partial charge in [0.1, 0.15) is 11.4 Å². The third kappa shape index (κ3) is 6.88. The molecule has 0 unspecified atom stereocenters. The fraction of sp³-hybridized carbons (Fsp3) is 0.333. The van der Waals surface area contributed by atoms with Gasteiger partial charge in [-0.2, -0.15) is 13.2 Å². The molecule has 0 aliphatic carbocycles. The molecule has 1 aromatic carbocycles. The molecule has 0 bridgehead atoms. The number of anilines is 1. The topological polar surface area (TPSA) is 37.7 Å². The normalized spacial score (nSPS) is 13.7. The van der Waals surface area contributed by atoms with E-state index < -0.39 is 17.6 Å². The van der Waals surface area contributed by atoms with E-state index >= 15 is 0 Å². The van der Waals surface area contributed by atoms with E-state index in [0.717, 1.165) is 17.3 Å². The van der Waals surface area contributed by atoms with Crippen LogP contribution < -0.4 is 4.90 Å². The zero-order valence-corrected chi connectivity index (χ0v) is 19.9. The van der Waals surface area contributed by atoms with E-state index in [1.807, 2.05) is 38.1 Å². The highest BCUT2D eigenvalue weighted by atomic mass is 32.2. The van der Waals surface area contributed by atoms with Crippen molar-refractivity contribution in [2.24, 2.45) is 4.99 Å². The third-order valence-electron chi connectivity index (χ3n) is 4.47. The number of alkyl halides is 3. The standard InChI is InChI=1S/C24H28F3N3OS/c1-7-8-20(32-19-11-9-16(2)10-12-19)22(24(25,26)27)23(31-6)29-17(3)18-13-14-28-21(15-18)30(4)5/h8-15H,7H2,1-6H3/b20-8-,23-22-,29-17+. The molecule has 2 rings (SSSR count). The van der Waals surface area contributed by atoms with Crippen molar-refractivity contribution >= 4 is 23.3 Å². The molecule has 0 aliphatic heterocycles. The third-order valence-corrected chi connectivity index (χ3v) is 5.56. The predicted molar refractivity (Wildman–Crippen MR) is 126 cm³/mol. The van der Waals surface area contributed by atoms with Crippen LogP contribution in [0.3, 0.4) is 0 Å². The van der Waals surface area contributed by atoms with Crippen molar-refractivity contribution in [3.63, 3.8) is 0 Å². The number of hydrogen-bond acceptors (Lipinski definition) is 5. The SMILES string of the molecule is CC/C=C(Sc1ccc(C)cc1)/C(=C(\N=C(/C)c1ccnc(N(C)C)c1)OC)C(F)(F)F. The van der Waals surface area contributed by atoms with Gasteiger partial charge in [0.05, 0.1) is 7.11 Å². The van der Waals surface area contributed by atoms with Crippen LogP contribution in [0.1, 0.15) is 31.4 Å². The Labute approximate surface area is 191 Å². The van der Waals surface area contributed by atoms with Crippen LogP contribution in [-0.2, 0) is 4.74 Å². The first-order valence-corrected chi connectivity index (χ1v) is 10.9. The molecule has 32 heavy (non-hydrogen) atoms. The Hall–Kier alpha value is -2.74. The van der Waals surface area contributed by atoms with Crippen LogP contribution in [0.25, 0.3) is 0 Å². The highest BCUT2D eigenvalue weighted by Gasteiger charge is 2.40. The number of rotatable bonds is 8. The van der Waals surface area contributed by atoms with Crippen LogP contribution in [0.5, 0.6) is 0 Å². The van der Waals surface area contributed by atoms with Gasteiger partial charge in [0.15, 0.2) is 0 Å². The molecular weight excluding hydrogens is 435 g/mol. The number of hydrogen-bond donors (Lipinski definition) is 0. The molecule has 2 aromatic rings. The van der Waals surface area contributed by atoms with E-state index in [1.165, 1.54) is 7.11 Å². The quantitative estimate of drug-likeness (QED) is 0.187. The summed E-state index contributed by atoms with van der Waals surface area (Å²) in [4.78, 5) is 11.1. The number of allylic oxidation sites excluding steroid dienone is 2. The molecule has 0 saturated heterocycles. The van der Waals surface area contributed by atoms with E-state index in [0.29, 0.717) is 28.4 Å². The Bertz CT molecular complexity index is 1010. The highest BCUT2D eigenvalue weighted by Crippen LogP contribution is 2.42. The van der Waals surface area contributed by atoms with Gasteiger partial charge in [0, 0.05) is 41.4 Å². The molecule has 0 saturated carbocycles. The van der Waals surface area contributed by atoms with Crippen molar-refractivity contribution in [1.29, 1.82) is 0 Å². The molecule has 8 heteroatoms. The Morgan fingerprint density at radius 1 is 1.19 bits per heavy atom. The number of aromatic nitrogens is 1. The predicted octanol–water partition coefficient (Wildman–Crippen LogP) is 6.77. The Morgan fingerprint density at radius 3 is 2.38 bits per heavy atom. The second-order valence-electron chi connectivity index (χ2n) is 7.27. The molecule has 0 radical (unpaired) electrons. The summed E-state index contributed by atoms with van der Waals surface area (Å²) in [5.41, 5.74) is 1.19. The number of benzene rings is 1. The van der Waals surface area contributed by atoms with Crippen molar-refractivity contribution < 1.29 is 17.9 Å². The van der Waals surface area contributed by atoms with Gasteiger partial charge in [-0.05, 0) is 44.5 Å². The summed E-state index contributed by atoms with van der Waals surface area (Å²) in [6.07, 6.45) is -1.07. The zero-order valence-electron chi connectivity index (χ0n) is 19.1. The number of methoxy groups -OCH3 is 1. The Morgan fingerprint density at radius 2 is 1.84 bits per heavy atom. The Kier molecular flexibility index (Phi) is 8.95.